The lowest BCUT2D eigenvalue weighted by Gasteiger charge is -2.07. The second-order valence-electron chi connectivity index (χ2n) is 4.18. The summed E-state index contributed by atoms with van der Waals surface area (Å²) in [7, 11) is 0. The summed E-state index contributed by atoms with van der Waals surface area (Å²) in [6, 6.07) is 7.44. The van der Waals surface area contributed by atoms with E-state index in [9.17, 15) is 18.0 Å². The molecule has 0 radical (unpaired) electrons. The molecule has 1 aromatic heterocycles. The third kappa shape index (κ3) is 4.07. The second-order valence-corrected chi connectivity index (χ2v) is 6.13. The van der Waals surface area contributed by atoms with Crippen molar-refractivity contribution in [2.24, 2.45) is 0 Å². The number of halogens is 4. The van der Waals surface area contributed by atoms with Gasteiger partial charge in [0.2, 0.25) is 0 Å². The molecule has 2 aromatic rings. The normalized spacial score (nSPS) is 11.5. The molecule has 1 aromatic carbocycles. The summed E-state index contributed by atoms with van der Waals surface area (Å²) in [4.78, 5) is 15.9. The number of rotatable bonds is 3. The number of aromatic nitrogens is 1. The number of carbonyl (C=O) groups excluding carboxylic acids is 1. The van der Waals surface area contributed by atoms with Gasteiger partial charge in [-0.25, -0.2) is 4.98 Å². The first-order valence-electron chi connectivity index (χ1n) is 5.79. The Hall–Kier alpha value is -1.34. The molecule has 0 fully saturated rings. The zero-order chi connectivity index (χ0) is 15.6. The topological polar surface area (TPSA) is 30.0 Å². The smallest absolute Gasteiger partial charge is 0.294 e. The van der Waals surface area contributed by atoms with Gasteiger partial charge in [0.25, 0.3) is 0 Å². The maximum absolute atomic E-state index is 12.4. The molecule has 110 valence electrons. The van der Waals surface area contributed by atoms with Crippen LogP contribution in [-0.4, -0.2) is 10.8 Å². The molecule has 2 nitrogen and oxygen atoms in total. The number of alkyl halides is 3. The minimum atomic E-state index is -4.39. The van der Waals surface area contributed by atoms with Crippen molar-refractivity contribution >= 4 is 33.5 Å². The maximum atomic E-state index is 12.4. The zero-order valence-corrected chi connectivity index (χ0v) is 13.1. The van der Waals surface area contributed by atoms with Gasteiger partial charge in [0.1, 0.15) is 5.03 Å². The lowest BCUT2D eigenvalue weighted by atomic mass is 10.2. The van der Waals surface area contributed by atoms with Crippen molar-refractivity contribution in [3.63, 3.8) is 0 Å². The number of Topliss-reactive ketones (excluding diaryl/α,β-unsaturated/α-hetero) is 1. The summed E-state index contributed by atoms with van der Waals surface area (Å²) < 4.78 is 37.9. The summed E-state index contributed by atoms with van der Waals surface area (Å²) >= 11 is 4.52. The van der Waals surface area contributed by atoms with Crippen LogP contribution in [0.1, 0.15) is 22.8 Å². The van der Waals surface area contributed by atoms with Gasteiger partial charge in [-0.05, 0) is 37.3 Å². The van der Waals surface area contributed by atoms with E-state index < -0.39 is 11.7 Å². The van der Waals surface area contributed by atoms with Crippen LogP contribution in [0.3, 0.4) is 0 Å². The number of pyridine rings is 1. The van der Waals surface area contributed by atoms with Crippen molar-refractivity contribution in [2.45, 2.75) is 23.0 Å². The van der Waals surface area contributed by atoms with Crippen LogP contribution in [0.2, 0.25) is 0 Å². The molecule has 0 aliphatic rings. The van der Waals surface area contributed by atoms with Gasteiger partial charge in [-0.2, -0.15) is 13.2 Å². The van der Waals surface area contributed by atoms with Gasteiger partial charge in [0.05, 0.1) is 5.56 Å². The zero-order valence-electron chi connectivity index (χ0n) is 10.7. The van der Waals surface area contributed by atoms with Gasteiger partial charge in [-0.3, -0.25) is 4.79 Å². The van der Waals surface area contributed by atoms with Crippen LogP contribution in [0, 0.1) is 0 Å². The molecular weight excluding hydrogens is 367 g/mol. The Morgan fingerprint density at radius 2 is 1.95 bits per heavy atom. The van der Waals surface area contributed by atoms with Gasteiger partial charge in [-0.1, -0.05) is 27.7 Å². The van der Waals surface area contributed by atoms with Crippen molar-refractivity contribution < 1.29 is 18.0 Å². The van der Waals surface area contributed by atoms with E-state index in [1.54, 1.807) is 18.2 Å². The van der Waals surface area contributed by atoms with Crippen LogP contribution in [0.5, 0.6) is 0 Å². The first kappa shape index (κ1) is 16.0. The van der Waals surface area contributed by atoms with Crippen molar-refractivity contribution in [2.75, 3.05) is 0 Å². The van der Waals surface area contributed by atoms with Gasteiger partial charge in [-0.15, -0.1) is 0 Å². The van der Waals surface area contributed by atoms with Crippen LogP contribution < -0.4 is 0 Å². The molecule has 0 aliphatic carbocycles. The average molecular weight is 376 g/mol. The molecule has 0 saturated heterocycles. The average Bonchev–Trinajstić information content (AvgIpc) is 2.38. The molecule has 0 aliphatic heterocycles. The fourth-order valence-electron chi connectivity index (χ4n) is 1.57. The molecule has 0 bridgehead atoms. The molecule has 0 atom stereocenters. The van der Waals surface area contributed by atoms with Crippen molar-refractivity contribution in [1.82, 2.24) is 4.98 Å². The predicted molar refractivity (Wildman–Crippen MR) is 77.5 cm³/mol. The largest absolute Gasteiger partial charge is 0.417 e. The lowest BCUT2D eigenvalue weighted by molar-refractivity contribution is -0.137. The van der Waals surface area contributed by atoms with Gasteiger partial charge >= 0.3 is 6.18 Å². The number of hydrogen-bond donors (Lipinski definition) is 0. The number of nitrogens with zero attached hydrogens (tertiary/aromatic N) is 1. The highest BCUT2D eigenvalue weighted by molar-refractivity contribution is 9.10. The Labute approximate surface area is 131 Å². The van der Waals surface area contributed by atoms with Gasteiger partial charge in [0.15, 0.2) is 5.78 Å². The van der Waals surface area contributed by atoms with Crippen molar-refractivity contribution in [3.8, 4) is 0 Å². The molecule has 0 saturated carbocycles. The number of ketones is 1. The predicted octanol–water partition coefficient (Wildman–Crippen LogP) is 5.22. The Morgan fingerprint density at radius 3 is 2.43 bits per heavy atom. The van der Waals surface area contributed by atoms with Crippen LogP contribution in [0.4, 0.5) is 13.2 Å². The Morgan fingerprint density at radius 1 is 1.24 bits per heavy atom. The van der Waals surface area contributed by atoms with E-state index in [-0.39, 0.29) is 5.78 Å². The van der Waals surface area contributed by atoms with E-state index in [1.807, 2.05) is 0 Å². The van der Waals surface area contributed by atoms with Crippen LogP contribution in [0.15, 0.2) is 50.9 Å². The molecule has 0 N–H and O–H groups in total. The van der Waals surface area contributed by atoms with E-state index in [0.29, 0.717) is 15.1 Å². The van der Waals surface area contributed by atoms with E-state index in [1.165, 1.54) is 24.8 Å². The molecule has 21 heavy (non-hydrogen) atoms. The van der Waals surface area contributed by atoms with E-state index in [0.717, 1.165) is 17.2 Å². The molecule has 0 amide bonds. The molecule has 1 heterocycles. The monoisotopic (exact) mass is 375 g/mol. The Kier molecular flexibility index (Phi) is 4.73. The Balaban J connectivity index is 2.19. The first-order chi connectivity index (χ1) is 9.77. The second kappa shape index (κ2) is 6.19. The van der Waals surface area contributed by atoms with Crippen LogP contribution in [-0.2, 0) is 6.18 Å². The summed E-state index contributed by atoms with van der Waals surface area (Å²) in [5, 5.41) is 0.450. The standard InChI is InChI=1S/C14H9BrF3NOS/c1-8(20)11-4-3-10(6-12(11)15)21-13-5-2-9(7-19-13)14(16,17)18/h2-7H,1H3. The summed E-state index contributed by atoms with van der Waals surface area (Å²) in [6.07, 6.45) is -3.58. The number of hydrogen-bond acceptors (Lipinski definition) is 3. The highest BCUT2D eigenvalue weighted by Crippen LogP contribution is 2.33. The quantitative estimate of drug-likeness (QED) is 0.689. The van der Waals surface area contributed by atoms with Gasteiger partial charge in [0, 0.05) is 21.1 Å². The van der Waals surface area contributed by atoms with Crippen molar-refractivity contribution in [3.05, 3.63) is 52.1 Å². The van der Waals surface area contributed by atoms with Crippen LogP contribution >= 0.6 is 27.7 Å². The molecule has 2 rings (SSSR count). The highest BCUT2D eigenvalue weighted by Gasteiger charge is 2.30. The van der Waals surface area contributed by atoms with E-state index >= 15 is 0 Å². The first-order valence-corrected chi connectivity index (χ1v) is 7.40. The van der Waals surface area contributed by atoms with Crippen molar-refractivity contribution in [1.29, 1.82) is 0 Å². The number of carbonyl (C=O) groups is 1. The fraction of sp³-hybridized carbons (Fsp3) is 0.143. The third-order valence-electron chi connectivity index (χ3n) is 2.61. The Bertz CT molecular complexity index is 671. The molecule has 7 heteroatoms. The summed E-state index contributed by atoms with van der Waals surface area (Å²) in [6.45, 7) is 1.46. The minimum Gasteiger partial charge on any atom is -0.294 e. The third-order valence-corrected chi connectivity index (χ3v) is 4.20. The fourth-order valence-corrected chi connectivity index (χ4v) is 3.18. The van der Waals surface area contributed by atoms with E-state index in [2.05, 4.69) is 20.9 Å². The lowest BCUT2D eigenvalue weighted by Crippen LogP contribution is -2.05. The molecular formula is C14H9BrF3NOS. The molecule has 0 unspecified atom stereocenters. The van der Waals surface area contributed by atoms with Crippen LogP contribution in [0.25, 0.3) is 0 Å². The maximum Gasteiger partial charge on any atom is 0.417 e. The summed E-state index contributed by atoms with van der Waals surface area (Å²) in [5.74, 6) is -0.0638. The number of benzene rings is 1. The SMILES string of the molecule is CC(=O)c1ccc(Sc2ccc(C(F)(F)F)cn2)cc1Br. The molecule has 0 spiro atoms. The minimum absolute atomic E-state index is 0.0638. The summed E-state index contributed by atoms with van der Waals surface area (Å²) in [5.41, 5.74) is -0.223. The van der Waals surface area contributed by atoms with E-state index in [4.69, 9.17) is 0 Å². The van der Waals surface area contributed by atoms with Gasteiger partial charge < -0.3 is 0 Å². The highest BCUT2D eigenvalue weighted by atomic mass is 79.9.